The lowest BCUT2D eigenvalue weighted by atomic mass is 10.1. The molecular formula is C23H24FN5O. The third-order valence-corrected chi connectivity index (χ3v) is 5.08. The number of rotatable bonds is 3. The molecule has 0 saturated carbocycles. The summed E-state index contributed by atoms with van der Waals surface area (Å²) in [6.07, 6.45) is 0. The second kappa shape index (κ2) is 8.49. The SMILES string of the molecule is Cc1cccc(-c2nc(C)cc(N3CCN(C(=O)Nc4cccc(F)c4)CC3)n2)c1. The summed E-state index contributed by atoms with van der Waals surface area (Å²) >= 11 is 0. The predicted molar refractivity (Wildman–Crippen MR) is 116 cm³/mol. The minimum atomic E-state index is -0.374. The van der Waals surface area contributed by atoms with Gasteiger partial charge in [0.05, 0.1) is 0 Å². The average Bonchev–Trinajstić information content (AvgIpc) is 2.73. The van der Waals surface area contributed by atoms with Crippen LogP contribution in [0.3, 0.4) is 0 Å². The molecule has 1 N–H and O–H groups in total. The van der Waals surface area contributed by atoms with Gasteiger partial charge in [-0.15, -0.1) is 0 Å². The average molecular weight is 405 g/mol. The van der Waals surface area contributed by atoms with Crippen molar-refractivity contribution >= 4 is 17.5 Å². The summed E-state index contributed by atoms with van der Waals surface area (Å²) in [4.78, 5) is 25.8. The first-order valence-corrected chi connectivity index (χ1v) is 9.97. The van der Waals surface area contributed by atoms with Gasteiger partial charge in [-0.05, 0) is 38.1 Å². The summed E-state index contributed by atoms with van der Waals surface area (Å²) < 4.78 is 13.3. The summed E-state index contributed by atoms with van der Waals surface area (Å²) in [5.74, 6) is 1.20. The van der Waals surface area contributed by atoms with E-state index in [2.05, 4.69) is 21.3 Å². The van der Waals surface area contributed by atoms with Gasteiger partial charge in [0.15, 0.2) is 5.82 Å². The van der Waals surface area contributed by atoms with Crippen LogP contribution >= 0.6 is 0 Å². The number of anilines is 2. The number of aryl methyl sites for hydroxylation is 2. The Hall–Kier alpha value is -3.48. The number of benzene rings is 2. The Balaban J connectivity index is 1.43. The molecular weight excluding hydrogens is 381 g/mol. The van der Waals surface area contributed by atoms with E-state index in [1.807, 2.05) is 38.1 Å². The Morgan fingerprint density at radius 2 is 1.73 bits per heavy atom. The molecule has 2 aromatic carbocycles. The quantitative estimate of drug-likeness (QED) is 0.708. The van der Waals surface area contributed by atoms with E-state index in [0.717, 1.165) is 22.6 Å². The molecule has 0 aliphatic carbocycles. The van der Waals surface area contributed by atoms with Gasteiger partial charge in [-0.2, -0.15) is 0 Å². The Morgan fingerprint density at radius 3 is 2.47 bits per heavy atom. The molecule has 7 heteroatoms. The molecule has 2 heterocycles. The molecule has 154 valence electrons. The van der Waals surface area contributed by atoms with Crippen molar-refractivity contribution in [3.63, 3.8) is 0 Å². The molecule has 0 radical (unpaired) electrons. The number of halogens is 1. The van der Waals surface area contributed by atoms with E-state index < -0.39 is 0 Å². The molecule has 30 heavy (non-hydrogen) atoms. The highest BCUT2D eigenvalue weighted by atomic mass is 19.1. The topological polar surface area (TPSA) is 61.4 Å². The molecule has 0 spiro atoms. The largest absolute Gasteiger partial charge is 0.353 e. The van der Waals surface area contributed by atoms with Crippen LogP contribution in [0.15, 0.2) is 54.6 Å². The third kappa shape index (κ3) is 4.56. The molecule has 4 rings (SSSR count). The summed E-state index contributed by atoms with van der Waals surface area (Å²) in [6, 6.07) is 15.8. The van der Waals surface area contributed by atoms with Gasteiger partial charge < -0.3 is 15.1 Å². The van der Waals surface area contributed by atoms with Crippen molar-refractivity contribution in [2.75, 3.05) is 36.4 Å². The third-order valence-electron chi connectivity index (χ3n) is 5.08. The zero-order chi connectivity index (χ0) is 21.1. The van der Waals surface area contributed by atoms with Gasteiger partial charge in [0.2, 0.25) is 0 Å². The van der Waals surface area contributed by atoms with Crippen LogP contribution < -0.4 is 10.2 Å². The molecule has 2 amide bonds. The number of urea groups is 1. The number of nitrogens with zero attached hydrogens (tertiary/aromatic N) is 4. The highest BCUT2D eigenvalue weighted by Gasteiger charge is 2.23. The zero-order valence-electron chi connectivity index (χ0n) is 17.1. The molecule has 0 atom stereocenters. The molecule has 0 unspecified atom stereocenters. The Labute approximate surface area is 175 Å². The maximum Gasteiger partial charge on any atom is 0.321 e. The first-order valence-electron chi connectivity index (χ1n) is 9.97. The van der Waals surface area contributed by atoms with Crippen LogP contribution in [0.5, 0.6) is 0 Å². The van der Waals surface area contributed by atoms with Crippen molar-refractivity contribution in [1.82, 2.24) is 14.9 Å². The standard InChI is InChI=1S/C23H24FN5O/c1-16-5-3-6-18(13-16)22-25-17(2)14-21(27-22)28-9-11-29(12-10-28)23(30)26-20-8-4-7-19(24)15-20/h3-8,13-15H,9-12H2,1-2H3,(H,26,30). The van der Waals surface area contributed by atoms with Crippen LogP contribution in [0.2, 0.25) is 0 Å². The first kappa shape index (κ1) is 19.8. The number of hydrogen-bond donors (Lipinski definition) is 1. The van der Waals surface area contributed by atoms with Crippen LogP contribution in [0.25, 0.3) is 11.4 Å². The fraction of sp³-hybridized carbons (Fsp3) is 0.261. The Kier molecular flexibility index (Phi) is 5.61. The summed E-state index contributed by atoms with van der Waals surface area (Å²) in [7, 11) is 0. The minimum absolute atomic E-state index is 0.223. The van der Waals surface area contributed by atoms with E-state index in [1.54, 1.807) is 17.0 Å². The molecule has 1 saturated heterocycles. The normalized spacial score (nSPS) is 14.0. The molecule has 1 aromatic heterocycles. The van der Waals surface area contributed by atoms with Gasteiger partial charge in [0.25, 0.3) is 0 Å². The second-order valence-electron chi connectivity index (χ2n) is 7.48. The highest BCUT2D eigenvalue weighted by Crippen LogP contribution is 2.22. The van der Waals surface area contributed by atoms with E-state index >= 15 is 0 Å². The zero-order valence-corrected chi connectivity index (χ0v) is 17.1. The van der Waals surface area contributed by atoms with Crippen molar-refractivity contribution in [2.45, 2.75) is 13.8 Å². The number of nitrogens with one attached hydrogen (secondary N) is 1. The highest BCUT2D eigenvalue weighted by molar-refractivity contribution is 5.89. The number of aromatic nitrogens is 2. The number of carbonyl (C=O) groups excluding carboxylic acids is 1. The number of piperazine rings is 1. The van der Waals surface area contributed by atoms with E-state index in [9.17, 15) is 9.18 Å². The summed E-state index contributed by atoms with van der Waals surface area (Å²) in [6.45, 7) is 6.47. The lowest BCUT2D eigenvalue weighted by Gasteiger charge is -2.35. The molecule has 1 aliphatic rings. The monoisotopic (exact) mass is 405 g/mol. The molecule has 1 aliphatic heterocycles. The lowest BCUT2D eigenvalue weighted by Crippen LogP contribution is -2.50. The van der Waals surface area contributed by atoms with E-state index in [1.165, 1.54) is 12.1 Å². The van der Waals surface area contributed by atoms with Gasteiger partial charge in [-0.25, -0.2) is 19.2 Å². The fourth-order valence-corrected chi connectivity index (χ4v) is 3.53. The molecule has 3 aromatic rings. The lowest BCUT2D eigenvalue weighted by molar-refractivity contribution is 0.208. The Bertz CT molecular complexity index is 1060. The van der Waals surface area contributed by atoms with Crippen LogP contribution in [0.1, 0.15) is 11.3 Å². The smallest absolute Gasteiger partial charge is 0.321 e. The van der Waals surface area contributed by atoms with E-state index in [4.69, 9.17) is 4.98 Å². The van der Waals surface area contributed by atoms with Crippen LogP contribution in [0, 0.1) is 19.7 Å². The van der Waals surface area contributed by atoms with Gasteiger partial charge >= 0.3 is 6.03 Å². The van der Waals surface area contributed by atoms with Crippen LogP contribution in [-0.2, 0) is 0 Å². The van der Waals surface area contributed by atoms with Gasteiger partial charge in [0.1, 0.15) is 11.6 Å². The number of hydrogen-bond acceptors (Lipinski definition) is 4. The van der Waals surface area contributed by atoms with Gasteiger partial charge in [0, 0.05) is 49.2 Å². The van der Waals surface area contributed by atoms with Crippen molar-refractivity contribution in [2.24, 2.45) is 0 Å². The predicted octanol–water partition coefficient (Wildman–Crippen LogP) is 4.25. The van der Waals surface area contributed by atoms with Crippen molar-refractivity contribution in [1.29, 1.82) is 0 Å². The number of amides is 2. The van der Waals surface area contributed by atoms with Gasteiger partial charge in [-0.1, -0.05) is 29.8 Å². The van der Waals surface area contributed by atoms with Gasteiger partial charge in [-0.3, -0.25) is 0 Å². The maximum absolute atomic E-state index is 13.3. The van der Waals surface area contributed by atoms with Crippen LogP contribution in [-0.4, -0.2) is 47.1 Å². The van der Waals surface area contributed by atoms with E-state index in [-0.39, 0.29) is 11.8 Å². The Morgan fingerprint density at radius 1 is 0.967 bits per heavy atom. The second-order valence-corrected chi connectivity index (χ2v) is 7.48. The van der Waals surface area contributed by atoms with Crippen molar-refractivity contribution in [3.05, 3.63) is 71.7 Å². The fourth-order valence-electron chi connectivity index (χ4n) is 3.53. The minimum Gasteiger partial charge on any atom is -0.353 e. The van der Waals surface area contributed by atoms with Crippen LogP contribution in [0.4, 0.5) is 20.7 Å². The van der Waals surface area contributed by atoms with E-state index in [0.29, 0.717) is 37.7 Å². The number of carbonyl (C=O) groups is 1. The molecule has 6 nitrogen and oxygen atoms in total. The molecule has 0 bridgehead atoms. The summed E-state index contributed by atoms with van der Waals surface area (Å²) in [5, 5.41) is 2.75. The maximum atomic E-state index is 13.3. The van der Waals surface area contributed by atoms with Crippen molar-refractivity contribution in [3.8, 4) is 11.4 Å². The van der Waals surface area contributed by atoms with Crippen molar-refractivity contribution < 1.29 is 9.18 Å². The first-order chi connectivity index (χ1) is 14.5. The summed E-state index contributed by atoms with van der Waals surface area (Å²) in [5.41, 5.74) is 3.52. The molecule has 1 fully saturated rings.